The molecular weight excluding hydrogens is 317 g/mol. The maximum Gasteiger partial charge on any atom is 0.243 e. The van der Waals surface area contributed by atoms with Gasteiger partial charge in [0.05, 0.1) is 13.1 Å². The zero-order chi connectivity index (χ0) is 16.7. The number of aryl methyl sites for hydroxylation is 1. The number of aliphatic imine (C=N–C) groups is 1. The number of anilines is 1. The number of hydrogen-bond acceptors (Lipinski definition) is 4. The van der Waals surface area contributed by atoms with Crippen molar-refractivity contribution in [1.82, 2.24) is 15.6 Å². The maximum atomic E-state index is 12.8. The van der Waals surface area contributed by atoms with E-state index in [0.717, 1.165) is 9.88 Å². The molecule has 1 amide bonds. The fourth-order valence-electron chi connectivity index (χ4n) is 1.77. The zero-order valence-electron chi connectivity index (χ0n) is 12.9. The van der Waals surface area contributed by atoms with Crippen LogP contribution in [0.4, 0.5) is 10.1 Å². The van der Waals surface area contributed by atoms with Crippen LogP contribution < -0.4 is 16.0 Å². The largest absolute Gasteiger partial charge is 0.350 e. The second-order valence-electron chi connectivity index (χ2n) is 4.70. The fraction of sp³-hybridized carbons (Fsp3) is 0.267. The van der Waals surface area contributed by atoms with Crippen LogP contribution in [0.5, 0.6) is 0 Å². The van der Waals surface area contributed by atoms with Gasteiger partial charge in [-0.15, -0.1) is 11.3 Å². The summed E-state index contributed by atoms with van der Waals surface area (Å²) >= 11 is 1.60. The molecule has 0 saturated carbocycles. The first-order valence-electron chi connectivity index (χ1n) is 6.98. The summed E-state index contributed by atoms with van der Waals surface area (Å²) in [6.07, 6.45) is 1.81. The van der Waals surface area contributed by atoms with Crippen molar-refractivity contribution in [3.8, 4) is 0 Å². The molecule has 1 aromatic carbocycles. The van der Waals surface area contributed by atoms with Crippen molar-refractivity contribution < 1.29 is 9.18 Å². The molecule has 0 unspecified atom stereocenters. The van der Waals surface area contributed by atoms with Crippen molar-refractivity contribution in [3.63, 3.8) is 0 Å². The molecule has 0 bridgehead atoms. The van der Waals surface area contributed by atoms with Gasteiger partial charge in [0.2, 0.25) is 5.91 Å². The van der Waals surface area contributed by atoms with Crippen LogP contribution in [0.15, 0.2) is 35.5 Å². The van der Waals surface area contributed by atoms with Gasteiger partial charge in [0.15, 0.2) is 5.96 Å². The van der Waals surface area contributed by atoms with Gasteiger partial charge in [-0.3, -0.25) is 9.79 Å². The summed E-state index contributed by atoms with van der Waals surface area (Å²) < 4.78 is 12.8. The van der Waals surface area contributed by atoms with Gasteiger partial charge < -0.3 is 16.0 Å². The maximum absolute atomic E-state index is 12.8. The molecule has 0 aliphatic carbocycles. The lowest BCUT2D eigenvalue weighted by Gasteiger charge is -2.11. The van der Waals surface area contributed by atoms with E-state index >= 15 is 0 Å². The zero-order valence-corrected chi connectivity index (χ0v) is 13.7. The Balaban J connectivity index is 1.76. The molecule has 122 valence electrons. The molecule has 1 heterocycles. The smallest absolute Gasteiger partial charge is 0.243 e. The van der Waals surface area contributed by atoms with E-state index in [1.807, 2.05) is 13.1 Å². The summed E-state index contributed by atoms with van der Waals surface area (Å²) in [7, 11) is 1.63. The number of hydrogen-bond donors (Lipinski definition) is 3. The van der Waals surface area contributed by atoms with E-state index in [4.69, 9.17) is 0 Å². The molecule has 0 saturated heterocycles. The van der Waals surface area contributed by atoms with Crippen molar-refractivity contribution in [2.75, 3.05) is 18.9 Å². The van der Waals surface area contributed by atoms with Crippen molar-refractivity contribution >= 4 is 28.9 Å². The number of benzene rings is 1. The lowest BCUT2D eigenvalue weighted by molar-refractivity contribution is -0.115. The quantitative estimate of drug-likeness (QED) is 0.576. The monoisotopic (exact) mass is 335 g/mol. The number of carbonyl (C=O) groups excluding carboxylic acids is 1. The lowest BCUT2D eigenvalue weighted by atomic mass is 10.3. The number of guanidine groups is 1. The molecule has 8 heteroatoms. The Morgan fingerprint density at radius 1 is 1.30 bits per heavy atom. The lowest BCUT2D eigenvalue weighted by Crippen LogP contribution is -2.41. The van der Waals surface area contributed by atoms with Crippen LogP contribution in [0.2, 0.25) is 0 Å². The van der Waals surface area contributed by atoms with Crippen LogP contribution in [-0.2, 0) is 11.3 Å². The molecule has 0 radical (unpaired) electrons. The number of carbonyl (C=O) groups is 1. The van der Waals surface area contributed by atoms with Crippen molar-refractivity contribution in [1.29, 1.82) is 0 Å². The Morgan fingerprint density at radius 2 is 2.04 bits per heavy atom. The molecular formula is C15H18FN5OS. The average molecular weight is 335 g/mol. The highest BCUT2D eigenvalue weighted by Crippen LogP contribution is 2.10. The number of nitrogens with zero attached hydrogens (tertiary/aromatic N) is 2. The SMILES string of the molecule is CN=C(NCC(=O)Nc1ccc(F)cc1)NCc1ncc(C)s1. The molecule has 23 heavy (non-hydrogen) atoms. The van der Waals surface area contributed by atoms with E-state index in [1.165, 1.54) is 24.3 Å². The van der Waals surface area contributed by atoms with E-state index in [2.05, 4.69) is 25.9 Å². The minimum Gasteiger partial charge on any atom is -0.350 e. The predicted octanol–water partition coefficient (Wildman–Crippen LogP) is 1.89. The molecule has 0 aliphatic heterocycles. The highest BCUT2D eigenvalue weighted by Gasteiger charge is 2.05. The van der Waals surface area contributed by atoms with Crippen molar-refractivity contribution in [2.24, 2.45) is 4.99 Å². The van der Waals surface area contributed by atoms with E-state index in [1.54, 1.807) is 18.4 Å². The van der Waals surface area contributed by atoms with Crippen molar-refractivity contribution in [3.05, 3.63) is 46.2 Å². The second kappa shape index (κ2) is 8.23. The number of rotatable bonds is 5. The van der Waals surface area contributed by atoms with Crippen LogP contribution in [0.1, 0.15) is 9.88 Å². The Bertz CT molecular complexity index is 683. The second-order valence-corrected chi connectivity index (χ2v) is 6.02. The summed E-state index contributed by atoms with van der Waals surface area (Å²) in [5.74, 6) is -0.0834. The summed E-state index contributed by atoms with van der Waals surface area (Å²) in [5.41, 5.74) is 0.541. The molecule has 0 spiro atoms. The first-order chi connectivity index (χ1) is 11.1. The van der Waals surface area contributed by atoms with Gasteiger partial charge in [0.1, 0.15) is 10.8 Å². The summed E-state index contributed by atoms with van der Waals surface area (Å²) in [6.45, 7) is 2.58. The minimum atomic E-state index is -0.344. The third kappa shape index (κ3) is 5.67. The number of thiazole rings is 1. The van der Waals surface area contributed by atoms with Gasteiger partial charge in [-0.1, -0.05) is 0 Å². The molecule has 0 aliphatic rings. The van der Waals surface area contributed by atoms with Crippen LogP contribution in [0, 0.1) is 12.7 Å². The standard InChI is InChI=1S/C15H18FN5OS/c1-10-7-18-14(23-10)9-20-15(17-2)19-8-13(22)21-12-5-3-11(16)4-6-12/h3-7H,8-9H2,1-2H3,(H,21,22)(H2,17,19,20). The van der Waals surface area contributed by atoms with Gasteiger partial charge in [-0.2, -0.15) is 0 Å². The third-order valence-corrected chi connectivity index (χ3v) is 3.76. The molecule has 6 nitrogen and oxygen atoms in total. The van der Waals surface area contributed by atoms with Crippen molar-refractivity contribution in [2.45, 2.75) is 13.5 Å². The number of amides is 1. The topological polar surface area (TPSA) is 78.4 Å². The average Bonchev–Trinajstić information content (AvgIpc) is 2.95. The Morgan fingerprint density at radius 3 is 2.65 bits per heavy atom. The van der Waals surface area contributed by atoms with Gasteiger partial charge in [-0.05, 0) is 31.2 Å². The Hall–Kier alpha value is -2.48. The molecule has 1 aromatic heterocycles. The van der Waals surface area contributed by atoms with E-state index < -0.39 is 0 Å². The molecule has 3 N–H and O–H groups in total. The fourth-order valence-corrected chi connectivity index (χ4v) is 2.49. The number of halogens is 1. The predicted molar refractivity (Wildman–Crippen MR) is 90.1 cm³/mol. The first-order valence-corrected chi connectivity index (χ1v) is 7.79. The molecule has 0 atom stereocenters. The Labute approximate surface area is 137 Å². The highest BCUT2D eigenvalue weighted by atomic mass is 32.1. The molecule has 2 aromatic rings. The van der Waals surface area contributed by atoms with Gasteiger partial charge in [0, 0.05) is 23.8 Å². The van der Waals surface area contributed by atoms with Crippen LogP contribution in [0.3, 0.4) is 0 Å². The van der Waals surface area contributed by atoms with E-state index in [0.29, 0.717) is 18.2 Å². The summed E-state index contributed by atoms with van der Waals surface area (Å²) in [5, 5.41) is 9.60. The van der Waals surface area contributed by atoms with Gasteiger partial charge in [0.25, 0.3) is 0 Å². The van der Waals surface area contributed by atoms with Crippen LogP contribution in [-0.4, -0.2) is 30.4 Å². The van der Waals surface area contributed by atoms with E-state index in [-0.39, 0.29) is 18.3 Å². The van der Waals surface area contributed by atoms with Crippen LogP contribution in [0.25, 0.3) is 0 Å². The first kappa shape index (κ1) is 16.9. The highest BCUT2D eigenvalue weighted by molar-refractivity contribution is 7.11. The summed E-state index contributed by atoms with van der Waals surface area (Å²) in [6, 6.07) is 5.59. The Kier molecular flexibility index (Phi) is 6.04. The number of aromatic nitrogens is 1. The van der Waals surface area contributed by atoms with Gasteiger partial charge >= 0.3 is 0 Å². The minimum absolute atomic E-state index is 0.0496. The normalized spacial score (nSPS) is 11.2. The van der Waals surface area contributed by atoms with Gasteiger partial charge in [-0.25, -0.2) is 9.37 Å². The molecule has 2 rings (SSSR count). The van der Waals surface area contributed by atoms with Crippen LogP contribution >= 0.6 is 11.3 Å². The third-order valence-electron chi connectivity index (χ3n) is 2.84. The van der Waals surface area contributed by atoms with E-state index in [9.17, 15) is 9.18 Å². The number of nitrogens with one attached hydrogen (secondary N) is 3. The molecule has 0 fully saturated rings. The summed E-state index contributed by atoms with van der Waals surface area (Å²) in [4.78, 5) is 21.3.